The number of ether oxygens (including phenoxy) is 2. The highest BCUT2D eigenvalue weighted by Gasteiger charge is 1.97. The van der Waals surface area contributed by atoms with Crippen LogP contribution in [0.2, 0.25) is 0 Å². The van der Waals surface area contributed by atoms with Gasteiger partial charge in [-0.05, 0) is 28.4 Å². The van der Waals surface area contributed by atoms with Gasteiger partial charge < -0.3 is 9.47 Å². The van der Waals surface area contributed by atoms with Crippen LogP contribution in [0.4, 0.5) is 0 Å². The van der Waals surface area contributed by atoms with E-state index in [1.165, 1.54) is 4.88 Å². The van der Waals surface area contributed by atoms with Gasteiger partial charge in [0, 0.05) is 21.3 Å². The van der Waals surface area contributed by atoms with Crippen LogP contribution in [-0.4, -0.2) is 19.8 Å². The van der Waals surface area contributed by atoms with Crippen LogP contribution in [0.5, 0.6) is 0 Å². The predicted octanol–water partition coefficient (Wildman–Crippen LogP) is 3.45. The van der Waals surface area contributed by atoms with E-state index in [0.29, 0.717) is 19.8 Å². The first-order valence-corrected chi connectivity index (χ1v) is 6.38. The van der Waals surface area contributed by atoms with E-state index < -0.39 is 0 Å². The first-order valence-electron chi connectivity index (χ1n) is 4.71. The second kappa shape index (κ2) is 7.40. The van der Waals surface area contributed by atoms with Gasteiger partial charge in [0.05, 0.1) is 19.8 Å². The Morgan fingerprint density at radius 2 is 2.07 bits per heavy atom. The van der Waals surface area contributed by atoms with Crippen molar-refractivity contribution < 1.29 is 9.47 Å². The second-order valence-corrected chi connectivity index (χ2v) is 4.81. The van der Waals surface area contributed by atoms with Crippen molar-refractivity contribution in [2.45, 2.75) is 20.0 Å². The lowest BCUT2D eigenvalue weighted by Crippen LogP contribution is -2.04. The third-order valence-corrected chi connectivity index (χ3v) is 3.26. The van der Waals surface area contributed by atoms with Crippen LogP contribution in [0.25, 0.3) is 0 Å². The molecule has 0 saturated carbocycles. The van der Waals surface area contributed by atoms with Crippen molar-refractivity contribution in [3.63, 3.8) is 0 Å². The molecule has 1 heterocycles. The molecule has 0 aliphatic carbocycles. The molecule has 0 aliphatic rings. The Morgan fingerprint density at radius 1 is 1.29 bits per heavy atom. The van der Waals surface area contributed by atoms with E-state index in [1.54, 1.807) is 11.3 Å². The number of thiophene rings is 1. The van der Waals surface area contributed by atoms with Gasteiger partial charge in [0.2, 0.25) is 0 Å². The van der Waals surface area contributed by atoms with Gasteiger partial charge in [0.1, 0.15) is 0 Å². The van der Waals surface area contributed by atoms with Gasteiger partial charge in [0.15, 0.2) is 0 Å². The summed E-state index contributed by atoms with van der Waals surface area (Å²) >= 11 is 5.11. The summed E-state index contributed by atoms with van der Waals surface area (Å²) in [7, 11) is 0. The van der Waals surface area contributed by atoms with Gasteiger partial charge in [-0.25, -0.2) is 0 Å². The minimum atomic E-state index is 0.676. The monoisotopic (exact) mass is 278 g/mol. The molecule has 1 aromatic heterocycles. The third-order valence-electron chi connectivity index (χ3n) is 1.59. The average Bonchev–Trinajstić information content (AvgIpc) is 2.58. The van der Waals surface area contributed by atoms with Crippen LogP contribution in [0.15, 0.2) is 15.9 Å². The maximum Gasteiger partial charge on any atom is 0.0810 e. The molecule has 1 aromatic rings. The minimum Gasteiger partial charge on any atom is -0.379 e. The van der Waals surface area contributed by atoms with Crippen LogP contribution in [0, 0.1) is 0 Å². The van der Waals surface area contributed by atoms with Gasteiger partial charge >= 0.3 is 0 Å². The fourth-order valence-electron chi connectivity index (χ4n) is 0.967. The molecule has 0 aromatic carbocycles. The molecule has 0 spiro atoms. The summed E-state index contributed by atoms with van der Waals surface area (Å²) in [5.74, 6) is 0. The molecule has 1 rings (SSSR count). The Labute approximate surface area is 97.4 Å². The molecule has 14 heavy (non-hydrogen) atoms. The van der Waals surface area contributed by atoms with E-state index in [0.717, 1.165) is 17.5 Å². The molecule has 0 atom stereocenters. The second-order valence-electron chi connectivity index (χ2n) is 2.90. The summed E-state index contributed by atoms with van der Waals surface area (Å²) in [6.45, 7) is 4.99. The average molecular weight is 279 g/mol. The Morgan fingerprint density at radius 3 is 2.71 bits per heavy atom. The quantitative estimate of drug-likeness (QED) is 0.712. The highest BCUT2D eigenvalue weighted by Crippen LogP contribution is 2.20. The zero-order valence-electron chi connectivity index (χ0n) is 8.29. The molecule has 0 aliphatic heterocycles. The fraction of sp³-hybridized carbons (Fsp3) is 0.600. The summed E-state index contributed by atoms with van der Waals surface area (Å²) in [5, 5.41) is 2.06. The highest BCUT2D eigenvalue weighted by atomic mass is 79.9. The summed E-state index contributed by atoms with van der Waals surface area (Å²) in [5.41, 5.74) is 0. The van der Waals surface area contributed by atoms with Crippen LogP contribution in [0.3, 0.4) is 0 Å². The van der Waals surface area contributed by atoms with Gasteiger partial charge in [-0.15, -0.1) is 11.3 Å². The van der Waals surface area contributed by atoms with Crippen molar-refractivity contribution in [2.24, 2.45) is 0 Å². The zero-order valence-corrected chi connectivity index (χ0v) is 10.7. The van der Waals surface area contributed by atoms with Crippen molar-refractivity contribution in [3.05, 3.63) is 20.8 Å². The largest absolute Gasteiger partial charge is 0.379 e. The van der Waals surface area contributed by atoms with Crippen LogP contribution < -0.4 is 0 Å². The molecule has 0 saturated heterocycles. The molecule has 0 bridgehead atoms. The number of rotatable bonds is 7. The van der Waals surface area contributed by atoms with Crippen molar-refractivity contribution >= 4 is 27.3 Å². The molecule has 2 nitrogen and oxygen atoms in total. The van der Waals surface area contributed by atoms with E-state index in [-0.39, 0.29) is 0 Å². The Bertz CT molecular complexity index is 250. The molecule has 4 heteroatoms. The summed E-state index contributed by atoms with van der Waals surface area (Å²) in [6.07, 6.45) is 1.07. The van der Waals surface area contributed by atoms with Crippen molar-refractivity contribution in [1.82, 2.24) is 0 Å². The van der Waals surface area contributed by atoms with Gasteiger partial charge in [0.25, 0.3) is 0 Å². The Hall–Kier alpha value is 0.1000. The van der Waals surface area contributed by atoms with Crippen LogP contribution >= 0.6 is 27.3 Å². The lowest BCUT2D eigenvalue weighted by Gasteiger charge is -2.03. The molecule has 0 N–H and O–H groups in total. The van der Waals surface area contributed by atoms with Crippen molar-refractivity contribution in [3.8, 4) is 0 Å². The molecule has 0 radical (unpaired) electrons. The zero-order chi connectivity index (χ0) is 10.2. The van der Waals surface area contributed by atoms with Gasteiger partial charge in [-0.3, -0.25) is 0 Å². The SMILES string of the molecule is CCCOCCOCc1cc(Br)cs1. The normalized spacial score (nSPS) is 10.7. The minimum absolute atomic E-state index is 0.676. The topological polar surface area (TPSA) is 18.5 Å². The maximum atomic E-state index is 5.44. The highest BCUT2D eigenvalue weighted by molar-refractivity contribution is 9.10. The lowest BCUT2D eigenvalue weighted by atomic mass is 10.5. The first-order chi connectivity index (χ1) is 6.83. The summed E-state index contributed by atoms with van der Waals surface area (Å²) < 4.78 is 11.9. The molecular weight excluding hydrogens is 264 g/mol. The van der Waals surface area contributed by atoms with Crippen LogP contribution in [0.1, 0.15) is 18.2 Å². The molecule has 0 unspecified atom stereocenters. The predicted molar refractivity (Wildman–Crippen MR) is 62.8 cm³/mol. The van der Waals surface area contributed by atoms with Crippen molar-refractivity contribution in [2.75, 3.05) is 19.8 Å². The van der Waals surface area contributed by atoms with Crippen LogP contribution in [-0.2, 0) is 16.1 Å². The van der Waals surface area contributed by atoms with Crippen molar-refractivity contribution in [1.29, 1.82) is 0 Å². The number of hydrogen-bond donors (Lipinski definition) is 0. The van der Waals surface area contributed by atoms with E-state index in [9.17, 15) is 0 Å². The Balaban J connectivity index is 1.99. The fourth-order valence-corrected chi connectivity index (χ4v) is 2.35. The van der Waals surface area contributed by atoms with E-state index in [4.69, 9.17) is 9.47 Å². The standard InChI is InChI=1S/C10H15BrO2S/c1-2-3-12-4-5-13-7-10-6-9(11)8-14-10/h6,8H,2-5,7H2,1H3. The van der Waals surface area contributed by atoms with E-state index in [2.05, 4.69) is 34.3 Å². The molecule has 0 fully saturated rings. The van der Waals surface area contributed by atoms with E-state index >= 15 is 0 Å². The summed E-state index contributed by atoms with van der Waals surface area (Å²) in [6, 6.07) is 2.08. The summed E-state index contributed by atoms with van der Waals surface area (Å²) in [4.78, 5) is 1.24. The Kier molecular flexibility index (Phi) is 6.43. The first kappa shape index (κ1) is 12.2. The van der Waals surface area contributed by atoms with E-state index in [1.807, 2.05) is 0 Å². The van der Waals surface area contributed by atoms with Gasteiger partial charge in [-0.1, -0.05) is 6.92 Å². The van der Waals surface area contributed by atoms with Gasteiger partial charge in [-0.2, -0.15) is 0 Å². The molecular formula is C10H15BrO2S. The maximum absolute atomic E-state index is 5.44. The number of halogens is 1. The smallest absolute Gasteiger partial charge is 0.0810 e. The third kappa shape index (κ3) is 5.10. The molecule has 80 valence electrons. The molecule has 0 amide bonds. The number of hydrogen-bond acceptors (Lipinski definition) is 3. The lowest BCUT2D eigenvalue weighted by molar-refractivity contribution is 0.0417.